The van der Waals surface area contributed by atoms with Crippen LogP contribution >= 0.6 is 0 Å². The molecule has 0 bridgehead atoms. The van der Waals surface area contributed by atoms with Crippen molar-refractivity contribution in [1.29, 1.82) is 0 Å². The number of rotatable bonds is 7. The summed E-state index contributed by atoms with van der Waals surface area (Å²) < 4.78 is 13.0. The van der Waals surface area contributed by atoms with E-state index in [1.807, 2.05) is 43.5 Å². The lowest BCUT2D eigenvalue weighted by atomic mass is 9.91. The Morgan fingerprint density at radius 1 is 1.38 bits per heavy atom. The van der Waals surface area contributed by atoms with Crippen molar-refractivity contribution in [2.45, 2.75) is 25.7 Å². The van der Waals surface area contributed by atoms with Crippen molar-refractivity contribution in [3.8, 4) is 17.0 Å². The molecule has 1 aromatic heterocycles. The van der Waals surface area contributed by atoms with Gasteiger partial charge in [-0.15, -0.1) is 0 Å². The molecule has 1 amide bonds. The minimum absolute atomic E-state index is 0.0299. The highest BCUT2D eigenvalue weighted by molar-refractivity contribution is 5.93. The largest absolute Gasteiger partial charge is 0.497 e. The van der Waals surface area contributed by atoms with Crippen molar-refractivity contribution in [3.63, 3.8) is 0 Å². The van der Waals surface area contributed by atoms with Gasteiger partial charge in [-0.25, -0.2) is 0 Å². The van der Waals surface area contributed by atoms with Crippen LogP contribution in [-0.2, 0) is 16.6 Å². The third kappa shape index (κ3) is 5.88. The molecule has 1 atom stereocenters. The van der Waals surface area contributed by atoms with Crippen molar-refractivity contribution < 1.29 is 14.3 Å². The van der Waals surface area contributed by atoms with Gasteiger partial charge < -0.3 is 20.5 Å². The second kappa shape index (κ2) is 11.3. The van der Waals surface area contributed by atoms with Gasteiger partial charge in [0, 0.05) is 37.0 Å². The number of allylic oxidation sites excluding steroid dienone is 4. The molecule has 2 aromatic rings. The number of methoxy groups -OCH3 is 1. The highest BCUT2D eigenvalue weighted by Gasteiger charge is 2.22. The fourth-order valence-corrected chi connectivity index (χ4v) is 3.77. The Bertz CT molecular complexity index is 1010. The molecule has 0 saturated heterocycles. The van der Waals surface area contributed by atoms with Crippen molar-refractivity contribution in [2.24, 2.45) is 18.7 Å². The van der Waals surface area contributed by atoms with E-state index in [2.05, 4.69) is 23.1 Å². The third-order valence-electron chi connectivity index (χ3n) is 5.46. The Morgan fingerprint density at radius 3 is 2.94 bits per heavy atom. The number of carbonyl (C=O) groups excluding carboxylic acids is 1. The van der Waals surface area contributed by atoms with Gasteiger partial charge in [-0.3, -0.25) is 9.48 Å². The number of amides is 1. The number of ether oxygens (including phenoxy) is 2. The molecule has 32 heavy (non-hydrogen) atoms. The van der Waals surface area contributed by atoms with Crippen molar-refractivity contribution >= 4 is 11.6 Å². The summed E-state index contributed by atoms with van der Waals surface area (Å²) in [5.41, 5.74) is 8.87. The molecule has 1 aromatic carbocycles. The Labute approximate surface area is 189 Å². The quantitative estimate of drug-likeness (QED) is 0.679. The number of hydrogen-bond donors (Lipinski definition) is 2. The van der Waals surface area contributed by atoms with E-state index in [4.69, 9.17) is 15.2 Å². The van der Waals surface area contributed by atoms with Crippen LogP contribution in [0, 0.1) is 5.92 Å². The SMILES string of the molecule is C=C1CC(C(=O)Nc2ccc(OCCN)c(-c3ccnn3C)c2)CCC/C=C\C=C1OC. The van der Waals surface area contributed by atoms with Crippen LogP contribution in [0.2, 0.25) is 0 Å². The van der Waals surface area contributed by atoms with Crippen LogP contribution in [-0.4, -0.2) is 35.9 Å². The molecule has 1 aliphatic rings. The van der Waals surface area contributed by atoms with E-state index < -0.39 is 0 Å². The van der Waals surface area contributed by atoms with Crippen LogP contribution in [0.25, 0.3) is 11.3 Å². The predicted octanol–water partition coefficient (Wildman–Crippen LogP) is 4.20. The van der Waals surface area contributed by atoms with Gasteiger partial charge in [0.2, 0.25) is 5.91 Å². The van der Waals surface area contributed by atoms with Crippen LogP contribution in [0.15, 0.2) is 66.6 Å². The number of anilines is 1. The Kier molecular flexibility index (Phi) is 8.27. The summed E-state index contributed by atoms with van der Waals surface area (Å²) >= 11 is 0. The van der Waals surface area contributed by atoms with Gasteiger partial charge in [0.25, 0.3) is 0 Å². The molecule has 1 heterocycles. The molecular weight excluding hydrogens is 404 g/mol. The summed E-state index contributed by atoms with van der Waals surface area (Å²) in [6.07, 6.45) is 10.9. The lowest BCUT2D eigenvalue weighted by Crippen LogP contribution is -2.24. The number of aromatic nitrogens is 2. The Hall–Kier alpha value is -3.32. The lowest BCUT2D eigenvalue weighted by Gasteiger charge is -2.20. The third-order valence-corrected chi connectivity index (χ3v) is 5.46. The zero-order valence-corrected chi connectivity index (χ0v) is 18.8. The van der Waals surface area contributed by atoms with E-state index >= 15 is 0 Å². The summed E-state index contributed by atoms with van der Waals surface area (Å²) in [7, 11) is 3.49. The molecule has 7 nitrogen and oxygen atoms in total. The maximum absolute atomic E-state index is 13.2. The van der Waals surface area contributed by atoms with Gasteiger partial charge in [0.15, 0.2) is 0 Å². The van der Waals surface area contributed by atoms with E-state index in [1.54, 1.807) is 18.0 Å². The standard InChI is InChI=1S/C25H32N4O3/c1-18-16-19(8-6-4-5-7-9-23(18)31-3)25(30)28-20-10-11-24(32-15-13-26)21(17-20)22-12-14-27-29(22)2/h5,7,9-12,14,17,19H,1,4,6,8,13,15-16,26H2,2-3H3,(H,28,30)/b7-5-,23-9?. The molecule has 0 radical (unpaired) electrons. The summed E-state index contributed by atoms with van der Waals surface area (Å²) in [4.78, 5) is 13.2. The molecule has 3 N–H and O–H groups in total. The van der Waals surface area contributed by atoms with Gasteiger partial charge in [-0.2, -0.15) is 5.10 Å². The van der Waals surface area contributed by atoms with Gasteiger partial charge in [0.1, 0.15) is 18.1 Å². The first kappa shape index (κ1) is 23.3. The molecule has 0 spiro atoms. The molecule has 7 heteroatoms. The molecule has 1 aliphatic carbocycles. The first-order valence-electron chi connectivity index (χ1n) is 10.9. The minimum atomic E-state index is -0.194. The van der Waals surface area contributed by atoms with E-state index in [0.29, 0.717) is 36.8 Å². The fourth-order valence-electron chi connectivity index (χ4n) is 3.77. The van der Waals surface area contributed by atoms with Crippen LogP contribution < -0.4 is 15.8 Å². The number of nitrogens with one attached hydrogen (secondary N) is 1. The monoisotopic (exact) mass is 436 g/mol. The average molecular weight is 437 g/mol. The normalized spacial score (nSPS) is 17.9. The number of carbonyl (C=O) groups is 1. The lowest BCUT2D eigenvalue weighted by molar-refractivity contribution is -0.120. The Morgan fingerprint density at radius 2 is 2.22 bits per heavy atom. The fraction of sp³-hybridized carbons (Fsp3) is 0.360. The van der Waals surface area contributed by atoms with Crippen LogP contribution in [0.1, 0.15) is 25.7 Å². The van der Waals surface area contributed by atoms with E-state index in [1.165, 1.54) is 0 Å². The van der Waals surface area contributed by atoms with Crippen molar-refractivity contribution in [1.82, 2.24) is 9.78 Å². The van der Waals surface area contributed by atoms with Crippen LogP contribution in [0.4, 0.5) is 5.69 Å². The molecule has 0 saturated carbocycles. The summed E-state index contributed by atoms with van der Waals surface area (Å²) in [5.74, 6) is 1.19. The molecule has 0 aliphatic heterocycles. The zero-order valence-electron chi connectivity index (χ0n) is 18.8. The number of hydrogen-bond acceptors (Lipinski definition) is 5. The second-order valence-corrected chi connectivity index (χ2v) is 7.78. The van der Waals surface area contributed by atoms with Crippen molar-refractivity contribution in [3.05, 3.63) is 66.6 Å². The molecular formula is C25H32N4O3. The van der Waals surface area contributed by atoms with Crippen LogP contribution in [0.3, 0.4) is 0 Å². The van der Waals surface area contributed by atoms with Crippen molar-refractivity contribution in [2.75, 3.05) is 25.6 Å². The van der Waals surface area contributed by atoms with E-state index in [-0.39, 0.29) is 11.8 Å². The maximum Gasteiger partial charge on any atom is 0.227 e. The maximum atomic E-state index is 13.2. The first-order chi connectivity index (χ1) is 15.5. The topological polar surface area (TPSA) is 91.4 Å². The zero-order chi connectivity index (χ0) is 22.9. The van der Waals surface area contributed by atoms with E-state index in [0.717, 1.165) is 36.1 Å². The van der Waals surface area contributed by atoms with Crippen LogP contribution in [0.5, 0.6) is 5.75 Å². The van der Waals surface area contributed by atoms with Gasteiger partial charge in [-0.1, -0.05) is 18.7 Å². The molecule has 1 unspecified atom stereocenters. The second-order valence-electron chi connectivity index (χ2n) is 7.78. The van der Waals surface area contributed by atoms with Gasteiger partial charge >= 0.3 is 0 Å². The molecule has 170 valence electrons. The summed E-state index contributed by atoms with van der Waals surface area (Å²) in [5, 5.41) is 7.34. The average Bonchev–Trinajstić information content (AvgIpc) is 3.22. The van der Waals surface area contributed by atoms with Gasteiger partial charge in [-0.05, 0) is 61.6 Å². The number of benzene rings is 1. The highest BCUT2D eigenvalue weighted by atomic mass is 16.5. The first-order valence-corrected chi connectivity index (χ1v) is 10.9. The van der Waals surface area contributed by atoms with Gasteiger partial charge in [0.05, 0.1) is 12.8 Å². The number of nitrogens with zero attached hydrogens (tertiary/aromatic N) is 2. The number of aryl methyl sites for hydroxylation is 1. The molecule has 3 rings (SSSR count). The smallest absolute Gasteiger partial charge is 0.227 e. The molecule has 0 fully saturated rings. The summed E-state index contributed by atoms with van der Waals surface area (Å²) in [6.45, 7) is 4.96. The minimum Gasteiger partial charge on any atom is -0.497 e. The van der Waals surface area contributed by atoms with E-state index in [9.17, 15) is 4.79 Å². The summed E-state index contributed by atoms with van der Waals surface area (Å²) in [6, 6.07) is 7.53. The predicted molar refractivity (Wildman–Crippen MR) is 127 cm³/mol. The Balaban J connectivity index is 1.81. The number of nitrogens with two attached hydrogens (primary N) is 1. The highest BCUT2D eigenvalue weighted by Crippen LogP contribution is 2.33.